The SMILES string of the molecule is Nc1nc(CCNC(=O)[C@@H]2CNC[C@H](C(=O)N3CCOCC3)C2)cs1. The Kier molecular flexibility index (Phi) is 6.22. The van der Waals surface area contributed by atoms with Gasteiger partial charge in [-0.3, -0.25) is 9.59 Å². The van der Waals surface area contributed by atoms with Gasteiger partial charge in [0.05, 0.1) is 30.7 Å². The second-order valence-corrected chi connectivity index (χ2v) is 7.33. The molecule has 2 atom stereocenters. The third kappa shape index (κ3) is 4.90. The van der Waals surface area contributed by atoms with Crippen LogP contribution in [0.2, 0.25) is 0 Å². The summed E-state index contributed by atoms with van der Waals surface area (Å²) in [5, 5.41) is 8.63. The zero-order valence-corrected chi connectivity index (χ0v) is 15.0. The van der Waals surface area contributed by atoms with E-state index in [4.69, 9.17) is 10.5 Å². The molecule has 2 amide bonds. The number of ether oxygens (including phenoxy) is 1. The number of nitrogens with zero attached hydrogens (tertiary/aromatic N) is 2. The maximum atomic E-state index is 12.6. The number of piperidine rings is 1. The molecule has 9 heteroatoms. The van der Waals surface area contributed by atoms with Crippen LogP contribution in [-0.2, 0) is 20.7 Å². The molecule has 0 aromatic carbocycles. The standard InChI is InChI=1S/C16H25N5O3S/c17-16-20-13(10-25-16)1-2-19-14(22)11-7-12(9-18-8-11)15(23)21-3-5-24-6-4-21/h10-12,18H,1-9H2,(H2,17,20)(H,19,22)/t11-,12+/m0/s1. The third-order valence-electron chi connectivity index (χ3n) is 4.64. The number of nitrogen functional groups attached to an aromatic ring is 1. The van der Waals surface area contributed by atoms with Crippen molar-refractivity contribution in [2.45, 2.75) is 12.8 Å². The molecule has 0 unspecified atom stereocenters. The van der Waals surface area contributed by atoms with Gasteiger partial charge < -0.3 is 26.0 Å². The maximum Gasteiger partial charge on any atom is 0.227 e. The molecule has 1 aromatic heterocycles. The molecule has 0 spiro atoms. The van der Waals surface area contributed by atoms with Crippen LogP contribution in [0.4, 0.5) is 5.13 Å². The van der Waals surface area contributed by atoms with Crippen LogP contribution in [-0.4, -0.2) is 67.6 Å². The summed E-state index contributed by atoms with van der Waals surface area (Å²) in [6.07, 6.45) is 1.26. The van der Waals surface area contributed by atoms with E-state index in [-0.39, 0.29) is 23.7 Å². The summed E-state index contributed by atoms with van der Waals surface area (Å²) in [6.45, 7) is 4.25. The number of amides is 2. The van der Waals surface area contributed by atoms with Crippen molar-refractivity contribution in [3.63, 3.8) is 0 Å². The van der Waals surface area contributed by atoms with Gasteiger partial charge in [-0.05, 0) is 6.42 Å². The normalized spacial score (nSPS) is 24.1. The number of hydrogen-bond donors (Lipinski definition) is 3. The minimum absolute atomic E-state index is 0.00446. The molecule has 0 aliphatic carbocycles. The van der Waals surface area contributed by atoms with Crippen molar-refractivity contribution in [2.75, 3.05) is 51.7 Å². The van der Waals surface area contributed by atoms with E-state index in [0.717, 1.165) is 5.69 Å². The van der Waals surface area contributed by atoms with Gasteiger partial charge in [0.2, 0.25) is 11.8 Å². The average Bonchev–Trinajstić information content (AvgIpc) is 3.07. The highest BCUT2D eigenvalue weighted by atomic mass is 32.1. The number of hydrogen-bond acceptors (Lipinski definition) is 7. The lowest BCUT2D eigenvalue weighted by Gasteiger charge is -2.34. The van der Waals surface area contributed by atoms with Crippen molar-refractivity contribution in [1.82, 2.24) is 20.5 Å². The van der Waals surface area contributed by atoms with E-state index in [0.29, 0.717) is 63.9 Å². The van der Waals surface area contributed by atoms with Gasteiger partial charge in [0.25, 0.3) is 0 Å². The lowest BCUT2D eigenvalue weighted by Crippen LogP contribution is -2.51. The highest BCUT2D eigenvalue weighted by molar-refractivity contribution is 7.13. The number of nitrogens with one attached hydrogen (secondary N) is 2. The second-order valence-electron chi connectivity index (χ2n) is 6.44. The monoisotopic (exact) mass is 367 g/mol. The van der Waals surface area contributed by atoms with Crippen molar-refractivity contribution in [3.05, 3.63) is 11.1 Å². The number of nitrogens with two attached hydrogens (primary N) is 1. The van der Waals surface area contributed by atoms with Gasteiger partial charge in [-0.15, -0.1) is 11.3 Å². The summed E-state index contributed by atoms with van der Waals surface area (Å²) in [6, 6.07) is 0. The van der Waals surface area contributed by atoms with Crippen LogP contribution in [0.3, 0.4) is 0 Å². The second kappa shape index (κ2) is 8.59. The first-order valence-electron chi connectivity index (χ1n) is 8.68. The first kappa shape index (κ1) is 18.1. The number of thiazole rings is 1. The first-order valence-corrected chi connectivity index (χ1v) is 9.56. The molecule has 8 nitrogen and oxygen atoms in total. The number of aromatic nitrogens is 1. The largest absolute Gasteiger partial charge is 0.378 e. The predicted molar refractivity (Wildman–Crippen MR) is 95.1 cm³/mol. The summed E-state index contributed by atoms with van der Waals surface area (Å²) in [7, 11) is 0. The Balaban J connectivity index is 1.45. The molecule has 138 valence electrons. The predicted octanol–water partition coefficient (Wildman–Crippen LogP) is -0.531. The summed E-state index contributed by atoms with van der Waals surface area (Å²) in [4.78, 5) is 31.0. The zero-order chi connectivity index (χ0) is 17.6. The van der Waals surface area contributed by atoms with Crippen molar-refractivity contribution in [2.24, 2.45) is 11.8 Å². The van der Waals surface area contributed by atoms with Crippen molar-refractivity contribution in [1.29, 1.82) is 0 Å². The van der Waals surface area contributed by atoms with E-state index in [1.54, 1.807) is 0 Å². The van der Waals surface area contributed by atoms with Crippen LogP contribution in [0.1, 0.15) is 12.1 Å². The molecule has 3 rings (SSSR count). The van der Waals surface area contributed by atoms with Crippen LogP contribution < -0.4 is 16.4 Å². The Morgan fingerprint density at radius 1 is 1.36 bits per heavy atom. The summed E-state index contributed by atoms with van der Waals surface area (Å²) in [5.41, 5.74) is 6.49. The molecular weight excluding hydrogens is 342 g/mol. The number of anilines is 1. The molecule has 2 saturated heterocycles. The molecule has 0 bridgehead atoms. The molecule has 3 heterocycles. The van der Waals surface area contributed by atoms with Gasteiger partial charge in [0.1, 0.15) is 0 Å². The van der Waals surface area contributed by atoms with E-state index in [1.807, 2.05) is 10.3 Å². The number of carbonyl (C=O) groups excluding carboxylic acids is 2. The fraction of sp³-hybridized carbons (Fsp3) is 0.688. The number of rotatable bonds is 5. The van der Waals surface area contributed by atoms with Crippen LogP contribution in [0.15, 0.2) is 5.38 Å². The number of morpholine rings is 1. The van der Waals surface area contributed by atoms with Crippen LogP contribution >= 0.6 is 11.3 Å². The molecule has 4 N–H and O–H groups in total. The van der Waals surface area contributed by atoms with Gasteiger partial charge in [-0.1, -0.05) is 0 Å². The Morgan fingerprint density at radius 2 is 2.12 bits per heavy atom. The van der Waals surface area contributed by atoms with Crippen molar-refractivity contribution < 1.29 is 14.3 Å². The Bertz CT molecular complexity index is 602. The Hall–Kier alpha value is -1.71. The fourth-order valence-electron chi connectivity index (χ4n) is 3.27. The minimum Gasteiger partial charge on any atom is -0.378 e. The molecular formula is C16H25N5O3S. The van der Waals surface area contributed by atoms with Crippen molar-refractivity contribution in [3.8, 4) is 0 Å². The molecule has 2 fully saturated rings. The van der Waals surface area contributed by atoms with Crippen LogP contribution in [0.5, 0.6) is 0 Å². The third-order valence-corrected chi connectivity index (χ3v) is 5.37. The van der Waals surface area contributed by atoms with Gasteiger partial charge in [-0.25, -0.2) is 4.98 Å². The van der Waals surface area contributed by atoms with Crippen molar-refractivity contribution >= 4 is 28.3 Å². The van der Waals surface area contributed by atoms with Crippen LogP contribution in [0, 0.1) is 11.8 Å². The van der Waals surface area contributed by atoms with Gasteiger partial charge >= 0.3 is 0 Å². The lowest BCUT2D eigenvalue weighted by atomic mass is 9.88. The molecule has 0 radical (unpaired) electrons. The average molecular weight is 367 g/mol. The smallest absolute Gasteiger partial charge is 0.227 e. The number of carbonyl (C=O) groups is 2. The van der Waals surface area contributed by atoms with Gasteiger partial charge in [0, 0.05) is 44.5 Å². The highest BCUT2D eigenvalue weighted by Crippen LogP contribution is 2.20. The van der Waals surface area contributed by atoms with Gasteiger partial charge in [-0.2, -0.15) is 0 Å². The van der Waals surface area contributed by atoms with E-state index < -0.39 is 0 Å². The van der Waals surface area contributed by atoms with E-state index in [1.165, 1.54) is 11.3 Å². The summed E-state index contributed by atoms with van der Waals surface area (Å²) >= 11 is 1.40. The first-order chi connectivity index (χ1) is 12.1. The maximum absolute atomic E-state index is 12.6. The molecule has 1 aromatic rings. The summed E-state index contributed by atoms with van der Waals surface area (Å²) < 4.78 is 5.29. The molecule has 0 saturated carbocycles. The van der Waals surface area contributed by atoms with Gasteiger partial charge in [0.15, 0.2) is 5.13 Å². The molecule has 25 heavy (non-hydrogen) atoms. The topological polar surface area (TPSA) is 110 Å². The lowest BCUT2D eigenvalue weighted by molar-refractivity contribution is -0.141. The van der Waals surface area contributed by atoms with E-state index in [9.17, 15) is 9.59 Å². The molecule has 2 aliphatic rings. The molecule has 2 aliphatic heterocycles. The quantitative estimate of drug-likeness (QED) is 0.645. The fourth-order valence-corrected chi connectivity index (χ4v) is 3.86. The van der Waals surface area contributed by atoms with Crippen LogP contribution in [0.25, 0.3) is 0 Å². The van der Waals surface area contributed by atoms with E-state index in [2.05, 4.69) is 15.6 Å². The van der Waals surface area contributed by atoms with E-state index >= 15 is 0 Å². The minimum atomic E-state index is -0.177. The Labute approximate surface area is 151 Å². The highest BCUT2D eigenvalue weighted by Gasteiger charge is 2.33. The zero-order valence-electron chi connectivity index (χ0n) is 14.2. The Morgan fingerprint density at radius 3 is 2.84 bits per heavy atom. The summed E-state index contributed by atoms with van der Waals surface area (Å²) in [5.74, 6) is -0.188.